The van der Waals surface area contributed by atoms with E-state index in [4.69, 9.17) is 14.7 Å². The summed E-state index contributed by atoms with van der Waals surface area (Å²) in [5.74, 6) is -1.16. The summed E-state index contributed by atoms with van der Waals surface area (Å²) in [7, 11) is 0. The van der Waals surface area contributed by atoms with Gasteiger partial charge in [0.15, 0.2) is 12.2 Å². The molecule has 1 N–H and O–H groups in total. The molecule has 0 saturated carbocycles. The van der Waals surface area contributed by atoms with Gasteiger partial charge in [-0.05, 0) is 62.4 Å². The summed E-state index contributed by atoms with van der Waals surface area (Å²) >= 11 is 0. The molecular formula is C20H17F3N2O4. The van der Waals surface area contributed by atoms with Crippen molar-refractivity contribution in [2.45, 2.75) is 32.2 Å². The standard InChI is InChI=1S/C20H17F3N2O4/c1-12(18(26)25-16-7-5-15(6-8-16)20(21,22)23)29-19(27)13(2)28-17-9-3-14(11-24)4-10-17/h3-10,12-13H,1-2H3,(H,25,26)/t12-,13-/m0/s1. The molecule has 152 valence electrons. The number of hydrogen-bond donors (Lipinski definition) is 1. The second-order valence-electron chi connectivity index (χ2n) is 6.04. The molecule has 1 amide bonds. The molecule has 0 spiro atoms. The molecular weight excluding hydrogens is 389 g/mol. The van der Waals surface area contributed by atoms with E-state index in [1.165, 1.54) is 38.1 Å². The average molecular weight is 406 g/mol. The van der Waals surface area contributed by atoms with Crippen molar-refractivity contribution in [3.05, 3.63) is 59.7 Å². The summed E-state index contributed by atoms with van der Waals surface area (Å²) in [6.07, 6.45) is -6.70. The minimum Gasteiger partial charge on any atom is -0.479 e. The second kappa shape index (κ2) is 9.10. The molecule has 0 radical (unpaired) electrons. The summed E-state index contributed by atoms with van der Waals surface area (Å²) in [6, 6.07) is 11.9. The van der Waals surface area contributed by atoms with Crippen LogP contribution in [0.4, 0.5) is 18.9 Å². The normalized spacial score (nSPS) is 13.0. The first-order chi connectivity index (χ1) is 13.6. The van der Waals surface area contributed by atoms with Crippen LogP contribution in [0.25, 0.3) is 0 Å². The quantitative estimate of drug-likeness (QED) is 0.735. The third-order valence-corrected chi connectivity index (χ3v) is 3.77. The number of carbonyl (C=O) groups is 2. The molecule has 2 aromatic carbocycles. The molecule has 0 unspecified atom stereocenters. The van der Waals surface area contributed by atoms with Crippen LogP contribution in [0.15, 0.2) is 48.5 Å². The highest BCUT2D eigenvalue weighted by Crippen LogP contribution is 2.29. The average Bonchev–Trinajstić information content (AvgIpc) is 2.68. The molecule has 0 aliphatic rings. The number of carbonyl (C=O) groups excluding carboxylic acids is 2. The first kappa shape index (κ1) is 21.8. The van der Waals surface area contributed by atoms with Crippen molar-refractivity contribution in [2.75, 3.05) is 5.32 Å². The summed E-state index contributed by atoms with van der Waals surface area (Å²) in [5.41, 5.74) is -0.280. The number of esters is 1. The first-order valence-corrected chi connectivity index (χ1v) is 8.45. The first-order valence-electron chi connectivity index (χ1n) is 8.45. The van der Waals surface area contributed by atoms with E-state index >= 15 is 0 Å². The van der Waals surface area contributed by atoms with Crippen molar-refractivity contribution in [1.29, 1.82) is 5.26 Å². The molecule has 2 rings (SSSR count). The van der Waals surface area contributed by atoms with Crippen LogP contribution in [0, 0.1) is 11.3 Å². The van der Waals surface area contributed by atoms with Crippen LogP contribution in [0.3, 0.4) is 0 Å². The van der Waals surface area contributed by atoms with Crippen molar-refractivity contribution < 1.29 is 32.2 Å². The van der Waals surface area contributed by atoms with Gasteiger partial charge in [0, 0.05) is 5.69 Å². The Morgan fingerprint density at radius 2 is 1.59 bits per heavy atom. The monoisotopic (exact) mass is 406 g/mol. The third kappa shape index (κ3) is 6.24. The van der Waals surface area contributed by atoms with Gasteiger partial charge in [0.25, 0.3) is 5.91 Å². The van der Waals surface area contributed by atoms with E-state index in [-0.39, 0.29) is 5.69 Å². The van der Waals surface area contributed by atoms with Gasteiger partial charge in [-0.15, -0.1) is 0 Å². The zero-order valence-electron chi connectivity index (χ0n) is 15.5. The maximum Gasteiger partial charge on any atom is 0.416 e. The highest BCUT2D eigenvalue weighted by atomic mass is 19.4. The number of anilines is 1. The Labute approximate surface area is 164 Å². The van der Waals surface area contributed by atoms with Crippen molar-refractivity contribution in [3.63, 3.8) is 0 Å². The number of nitriles is 1. The number of amides is 1. The molecule has 0 fully saturated rings. The minimum absolute atomic E-state index is 0.132. The summed E-state index contributed by atoms with van der Waals surface area (Å²) < 4.78 is 48.1. The maximum absolute atomic E-state index is 12.6. The fourth-order valence-corrected chi connectivity index (χ4v) is 2.17. The molecule has 0 bridgehead atoms. The Hall–Kier alpha value is -3.54. The van der Waals surface area contributed by atoms with E-state index < -0.39 is 35.8 Å². The van der Waals surface area contributed by atoms with Crippen molar-refractivity contribution in [1.82, 2.24) is 0 Å². The van der Waals surface area contributed by atoms with Gasteiger partial charge in [-0.3, -0.25) is 4.79 Å². The predicted octanol–water partition coefficient (Wildman–Crippen LogP) is 3.91. The van der Waals surface area contributed by atoms with E-state index in [9.17, 15) is 22.8 Å². The number of ether oxygens (including phenoxy) is 2. The van der Waals surface area contributed by atoms with Gasteiger partial charge in [0.1, 0.15) is 5.75 Å². The number of rotatable bonds is 6. The maximum atomic E-state index is 12.6. The molecule has 2 atom stereocenters. The van der Waals surface area contributed by atoms with Crippen molar-refractivity contribution in [2.24, 2.45) is 0 Å². The molecule has 0 aliphatic heterocycles. The number of nitrogens with zero attached hydrogens (tertiary/aromatic N) is 1. The Balaban J connectivity index is 1.89. The number of alkyl halides is 3. The fourth-order valence-electron chi connectivity index (χ4n) is 2.17. The lowest BCUT2D eigenvalue weighted by molar-refractivity contribution is -0.159. The molecule has 0 saturated heterocycles. The molecule has 0 aliphatic carbocycles. The lowest BCUT2D eigenvalue weighted by Crippen LogP contribution is -2.35. The number of hydrogen-bond acceptors (Lipinski definition) is 5. The van der Waals surface area contributed by atoms with E-state index in [1.807, 2.05) is 6.07 Å². The van der Waals surface area contributed by atoms with Gasteiger partial charge in [-0.1, -0.05) is 0 Å². The van der Waals surface area contributed by atoms with E-state index in [0.717, 1.165) is 24.3 Å². The third-order valence-electron chi connectivity index (χ3n) is 3.77. The Morgan fingerprint density at radius 3 is 2.10 bits per heavy atom. The van der Waals surface area contributed by atoms with Crippen LogP contribution in [0.2, 0.25) is 0 Å². The smallest absolute Gasteiger partial charge is 0.416 e. The van der Waals surface area contributed by atoms with Crippen molar-refractivity contribution in [3.8, 4) is 11.8 Å². The zero-order chi connectivity index (χ0) is 21.6. The Kier molecular flexibility index (Phi) is 6.83. The van der Waals surface area contributed by atoms with Gasteiger partial charge in [-0.25, -0.2) is 4.79 Å². The second-order valence-corrected chi connectivity index (χ2v) is 6.04. The highest BCUT2D eigenvalue weighted by molar-refractivity contribution is 5.95. The van der Waals surface area contributed by atoms with Crippen LogP contribution >= 0.6 is 0 Å². The topological polar surface area (TPSA) is 88.4 Å². The van der Waals surface area contributed by atoms with Crippen LogP contribution in [0.5, 0.6) is 5.75 Å². The van der Waals surface area contributed by atoms with Gasteiger partial charge < -0.3 is 14.8 Å². The Bertz CT molecular complexity index is 903. The van der Waals surface area contributed by atoms with Crippen LogP contribution in [-0.4, -0.2) is 24.1 Å². The van der Waals surface area contributed by atoms with Gasteiger partial charge in [0.2, 0.25) is 0 Å². The van der Waals surface area contributed by atoms with Gasteiger partial charge >= 0.3 is 12.1 Å². The number of nitrogens with one attached hydrogen (secondary N) is 1. The van der Waals surface area contributed by atoms with Crippen LogP contribution in [0.1, 0.15) is 25.0 Å². The van der Waals surface area contributed by atoms with Gasteiger partial charge in [-0.2, -0.15) is 18.4 Å². The van der Waals surface area contributed by atoms with E-state index in [0.29, 0.717) is 11.3 Å². The highest BCUT2D eigenvalue weighted by Gasteiger charge is 2.30. The molecule has 6 nitrogen and oxygen atoms in total. The minimum atomic E-state index is -4.48. The molecule has 29 heavy (non-hydrogen) atoms. The molecule has 0 heterocycles. The van der Waals surface area contributed by atoms with E-state index in [1.54, 1.807) is 0 Å². The number of halogens is 3. The van der Waals surface area contributed by atoms with E-state index in [2.05, 4.69) is 5.32 Å². The largest absolute Gasteiger partial charge is 0.479 e. The van der Waals surface area contributed by atoms with Gasteiger partial charge in [0.05, 0.1) is 17.2 Å². The number of benzene rings is 2. The van der Waals surface area contributed by atoms with Crippen LogP contribution < -0.4 is 10.1 Å². The Morgan fingerprint density at radius 1 is 1.00 bits per heavy atom. The molecule has 0 aromatic heterocycles. The lowest BCUT2D eigenvalue weighted by atomic mass is 10.2. The molecule has 9 heteroatoms. The predicted molar refractivity (Wildman–Crippen MR) is 96.9 cm³/mol. The summed E-state index contributed by atoms with van der Waals surface area (Å²) in [5, 5.41) is 11.1. The summed E-state index contributed by atoms with van der Waals surface area (Å²) in [6.45, 7) is 2.76. The lowest BCUT2D eigenvalue weighted by Gasteiger charge is -2.18. The molecule has 2 aromatic rings. The van der Waals surface area contributed by atoms with Crippen molar-refractivity contribution >= 4 is 17.6 Å². The van der Waals surface area contributed by atoms with Crippen LogP contribution in [-0.2, 0) is 20.5 Å². The summed E-state index contributed by atoms with van der Waals surface area (Å²) in [4.78, 5) is 24.2. The SMILES string of the molecule is C[C@H](OC(=O)[C@H](C)Oc1ccc(C#N)cc1)C(=O)Nc1ccc(C(F)(F)F)cc1. The zero-order valence-corrected chi connectivity index (χ0v) is 15.5. The fraction of sp³-hybridized carbons (Fsp3) is 0.250.